The largest absolute Gasteiger partial charge is 0.338 e. The first kappa shape index (κ1) is 14.6. The Morgan fingerprint density at radius 3 is 2.81 bits per heavy atom. The number of aromatic nitrogens is 2. The smallest absolute Gasteiger partial charge is 0.222 e. The third-order valence-electron chi connectivity index (χ3n) is 4.99. The zero-order chi connectivity index (χ0) is 14.8. The third-order valence-corrected chi connectivity index (χ3v) is 4.99. The van der Waals surface area contributed by atoms with Gasteiger partial charge in [0.1, 0.15) is 0 Å². The van der Waals surface area contributed by atoms with Gasteiger partial charge in [0.15, 0.2) is 0 Å². The average Bonchev–Trinajstić information content (AvgIpc) is 3.04. The van der Waals surface area contributed by atoms with Crippen molar-refractivity contribution in [2.45, 2.75) is 52.0 Å². The molecule has 0 unspecified atom stereocenters. The van der Waals surface area contributed by atoms with Gasteiger partial charge in [0.2, 0.25) is 5.91 Å². The Kier molecular flexibility index (Phi) is 4.29. The van der Waals surface area contributed by atoms with Gasteiger partial charge in [-0.3, -0.25) is 9.89 Å². The summed E-state index contributed by atoms with van der Waals surface area (Å²) in [5, 5.41) is 7.33. The van der Waals surface area contributed by atoms with Crippen molar-refractivity contribution in [3.05, 3.63) is 17.0 Å². The van der Waals surface area contributed by atoms with Crippen LogP contribution in [-0.2, 0) is 11.2 Å². The van der Waals surface area contributed by atoms with Gasteiger partial charge in [-0.25, -0.2) is 0 Å². The molecule has 5 nitrogen and oxygen atoms in total. The van der Waals surface area contributed by atoms with Gasteiger partial charge in [0.25, 0.3) is 0 Å². The van der Waals surface area contributed by atoms with Crippen LogP contribution >= 0.6 is 0 Å². The quantitative estimate of drug-likeness (QED) is 0.917. The first-order chi connectivity index (χ1) is 10.1. The summed E-state index contributed by atoms with van der Waals surface area (Å²) in [6.07, 6.45) is 5.23. The minimum atomic E-state index is 0.364. The summed E-state index contributed by atoms with van der Waals surface area (Å²) in [6.45, 7) is 8.41. The number of carbonyl (C=O) groups excluding carboxylic acids is 1. The molecule has 0 aromatic carbocycles. The average molecular weight is 290 g/mol. The Labute approximate surface area is 126 Å². The summed E-state index contributed by atoms with van der Waals surface area (Å²) in [5.41, 5.74) is 3.67. The normalized spacial score (nSPS) is 24.0. The molecule has 3 rings (SSSR count). The van der Waals surface area contributed by atoms with Gasteiger partial charge in [-0.15, -0.1) is 0 Å². The summed E-state index contributed by atoms with van der Waals surface area (Å²) >= 11 is 0. The number of hydrogen-bond donors (Lipinski definition) is 1. The van der Waals surface area contributed by atoms with E-state index in [0.29, 0.717) is 11.9 Å². The molecule has 116 valence electrons. The van der Waals surface area contributed by atoms with Crippen LogP contribution in [0.5, 0.6) is 0 Å². The van der Waals surface area contributed by atoms with Crippen molar-refractivity contribution in [1.29, 1.82) is 0 Å². The molecule has 3 heterocycles. The van der Waals surface area contributed by atoms with Crippen molar-refractivity contribution in [3.8, 4) is 0 Å². The molecule has 0 saturated carbocycles. The number of aryl methyl sites for hydroxylation is 2. The lowest BCUT2D eigenvalue weighted by Crippen LogP contribution is -2.48. The van der Waals surface area contributed by atoms with E-state index in [1.54, 1.807) is 0 Å². The molecule has 1 amide bonds. The number of rotatable bonds is 4. The number of amides is 1. The van der Waals surface area contributed by atoms with Gasteiger partial charge in [-0.1, -0.05) is 0 Å². The molecule has 21 heavy (non-hydrogen) atoms. The van der Waals surface area contributed by atoms with E-state index in [9.17, 15) is 4.79 Å². The maximum atomic E-state index is 11.9. The Morgan fingerprint density at radius 1 is 1.29 bits per heavy atom. The van der Waals surface area contributed by atoms with Crippen LogP contribution in [0, 0.1) is 13.8 Å². The Bertz CT molecular complexity index is 491. The van der Waals surface area contributed by atoms with Gasteiger partial charge < -0.3 is 9.80 Å². The number of aromatic amines is 1. The predicted molar refractivity (Wildman–Crippen MR) is 82.2 cm³/mol. The third kappa shape index (κ3) is 3.12. The molecule has 5 heteroatoms. The van der Waals surface area contributed by atoms with Crippen molar-refractivity contribution in [2.75, 3.05) is 26.2 Å². The van der Waals surface area contributed by atoms with E-state index in [1.165, 1.54) is 24.1 Å². The fourth-order valence-corrected chi connectivity index (χ4v) is 3.76. The van der Waals surface area contributed by atoms with Crippen LogP contribution in [0.1, 0.15) is 42.6 Å². The van der Waals surface area contributed by atoms with Crippen LogP contribution in [0.4, 0.5) is 0 Å². The van der Waals surface area contributed by atoms with Crippen LogP contribution < -0.4 is 0 Å². The van der Waals surface area contributed by atoms with E-state index in [0.717, 1.165) is 51.1 Å². The van der Waals surface area contributed by atoms with Crippen LogP contribution in [0.15, 0.2) is 0 Å². The highest BCUT2D eigenvalue weighted by Gasteiger charge is 2.31. The van der Waals surface area contributed by atoms with Crippen LogP contribution in [-0.4, -0.2) is 58.1 Å². The predicted octanol–water partition coefficient (Wildman–Crippen LogP) is 1.66. The molecular weight excluding hydrogens is 264 g/mol. The standard InChI is InChI=1S/C16H26N4O/c1-12-15(13(2)18-17-12)7-10-19-8-3-5-14(11-19)20-9-4-6-16(20)21/h14H,3-11H2,1-2H3,(H,17,18)/t14-/m1/s1. The molecule has 0 radical (unpaired) electrons. The first-order valence-electron chi connectivity index (χ1n) is 8.17. The molecule has 2 aliphatic heterocycles. The van der Waals surface area contributed by atoms with Gasteiger partial charge in [0, 0.05) is 37.8 Å². The number of nitrogens with zero attached hydrogens (tertiary/aromatic N) is 3. The second-order valence-corrected chi connectivity index (χ2v) is 6.45. The van der Waals surface area contributed by atoms with Gasteiger partial charge in [-0.05, 0) is 51.6 Å². The highest BCUT2D eigenvalue weighted by molar-refractivity contribution is 5.78. The lowest BCUT2D eigenvalue weighted by atomic mass is 10.0. The van der Waals surface area contributed by atoms with E-state index >= 15 is 0 Å². The van der Waals surface area contributed by atoms with Crippen molar-refractivity contribution in [1.82, 2.24) is 20.0 Å². The van der Waals surface area contributed by atoms with Gasteiger partial charge in [0.05, 0.1) is 5.69 Å². The van der Waals surface area contributed by atoms with E-state index in [1.807, 2.05) is 0 Å². The van der Waals surface area contributed by atoms with Gasteiger partial charge in [-0.2, -0.15) is 5.10 Å². The Morgan fingerprint density at radius 2 is 2.14 bits per heavy atom. The molecule has 0 spiro atoms. The molecular formula is C16H26N4O. The van der Waals surface area contributed by atoms with E-state index in [2.05, 4.69) is 33.8 Å². The summed E-state index contributed by atoms with van der Waals surface area (Å²) in [7, 11) is 0. The fraction of sp³-hybridized carbons (Fsp3) is 0.750. The SMILES string of the molecule is Cc1n[nH]c(C)c1CCN1CCC[C@@H](N2CCCC2=O)C1. The van der Waals surface area contributed by atoms with Crippen molar-refractivity contribution < 1.29 is 4.79 Å². The molecule has 0 aliphatic carbocycles. The van der Waals surface area contributed by atoms with Crippen molar-refractivity contribution in [3.63, 3.8) is 0 Å². The number of hydrogen-bond acceptors (Lipinski definition) is 3. The minimum absolute atomic E-state index is 0.364. The highest BCUT2D eigenvalue weighted by atomic mass is 16.2. The summed E-state index contributed by atoms with van der Waals surface area (Å²) in [4.78, 5) is 16.6. The Balaban J connectivity index is 1.55. The molecule has 1 N–H and O–H groups in total. The molecule has 1 aromatic heterocycles. The number of H-pyrrole nitrogens is 1. The molecule has 1 aromatic rings. The fourth-order valence-electron chi connectivity index (χ4n) is 3.76. The van der Waals surface area contributed by atoms with E-state index in [-0.39, 0.29) is 0 Å². The van der Waals surface area contributed by atoms with Crippen LogP contribution in [0.3, 0.4) is 0 Å². The number of piperidine rings is 1. The zero-order valence-corrected chi connectivity index (χ0v) is 13.2. The van der Waals surface area contributed by atoms with Crippen LogP contribution in [0.25, 0.3) is 0 Å². The molecule has 2 aliphatic rings. The van der Waals surface area contributed by atoms with Crippen molar-refractivity contribution in [2.24, 2.45) is 0 Å². The monoisotopic (exact) mass is 290 g/mol. The van der Waals surface area contributed by atoms with Gasteiger partial charge >= 0.3 is 0 Å². The molecule has 2 fully saturated rings. The lowest BCUT2D eigenvalue weighted by molar-refractivity contribution is -0.130. The second-order valence-electron chi connectivity index (χ2n) is 6.45. The number of carbonyl (C=O) groups is 1. The molecule has 1 atom stereocenters. The van der Waals surface area contributed by atoms with E-state index < -0.39 is 0 Å². The summed E-state index contributed by atoms with van der Waals surface area (Å²) in [6, 6.07) is 0.445. The lowest BCUT2D eigenvalue weighted by Gasteiger charge is -2.37. The molecule has 2 saturated heterocycles. The maximum absolute atomic E-state index is 11.9. The maximum Gasteiger partial charge on any atom is 0.222 e. The topological polar surface area (TPSA) is 52.2 Å². The molecule has 0 bridgehead atoms. The first-order valence-corrected chi connectivity index (χ1v) is 8.17. The van der Waals surface area contributed by atoms with E-state index in [4.69, 9.17) is 0 Å². The summed E-state index contributed by atoms with van der Waals surface area (Å²) in [5.74, 6) is 0.364. The highest BCUT2D eigenvalue weighted by Crippen LogP contribution is 2.22. The summed E-state index contributed by atoms with van der Waals surface area (Å²) < 4.78 is 0. The Hall–Kier alpha value is -1.36. The number of nitrogens with one attached hydrogen (secondary N) is 1. The zero-order valence-electron chi connectivity index (χ0n) is 13.2. The van der Waals surface area contributed by atoms with Crippen molar-refractivity contribution >= 4 is 5.91 Å². The number of likely N-dealkylation sites (tertiary alicyclic amines) is 2. The van der Waals surface area contributed by atoms with Crippen LogP contribution in [0.2, 0.25) is 0 Å². The minimum Gasteiger partial charge on any atom is -0.338 e. The second kappa shape index (κ2) is 6.18.